The topological polar surface area (TPSA) is 21.3 Å². The Labute approximate surface area is 132 Å². The third kappa shape index (κ3) is 3.63. The van der Waals surface area contributed by atoms with Gasteiger partial charge in [0.05, 0.1) is 0 Å². The monoisotopic (exact) mass is 349 g/mol. The van der Waals surface area contributed by atoms with Gasteiger partial charge < -0.3 is 10.1 Å². The Morgan fingerprint density at radius 2 is 2.05 bits per heavy atom. The zero-order valence-electron chi connectivity index (χ0n) is 11.8. The van der Waals surface area contributed by atoms with Crippen LogP contribution in [0.3, 0.4) is 0 Å². The molecule has 0 radical (unpaired) electrons. The van der Waals surface area contributed by atoms with Gasteiger partial charge in [-0.2, -0.15) is 0 Å². The number of benzene rings is 2. The summed E-state index contributed by atoms with van der Waals surface area (Å²) in [4.78, 5) is 0. The first-order chi connectivity index (χ1) is 10.1. The molecule has 2 aromatic rings. The van der Waals surface area contributed by atoms with Gasteiger partial charge in [-0.3, -0.25) is 0 Å². The molecule has 0 spiro atoms. The van der Waals surface area contributed by atoms with Crippen molar-refractivity contribution < 1.29 is 9.13 Å². The molecule has 0 aliphatic heterocycles. The van der Waals surface area contributed by atoms with Crippen LogP contribution in [0.1, 0.15) is 24.0 Å². The van der Waals surface area contributed by atoms with Crippen molar-refractivity contribution >= 4 is 15.9 Å². The molecule has 0 saturated heterocycles. The molecule has 0 aromatic heterocycles. The second-order valence-corrected chi connectivity index (χ2v) is 6.31. The lowest BCUT2D eigenvalue weighted by Crippen LogP contribution is -2.15. The van der Waals surface area contributed by atoms with Gasteiger partial charge in [-0.15, -0.1) is 0 Å². The maximum atomic E-state index is 14.1. The van der Waals surface area contributed by atoms with Gasteiger partial charge in [0.1, 0.15) is 5.75 Å². The van der Waals surface area contributed by atoms with Crippen molar-refractivity contribution in [3.8, 4) is 11.5 Å². The summed E-state index contributed by atoms with van der Waals surface area (Å²) in [6, 6.07) is 11.6. The molecule has 1 aliphatic carbocycles. The lowest BCUT2D eigenvalue weighted by molar-refractivity contribution is 0.433. The fourth-order valence-corrected chi connectivity index (χ4v) is 2.55. The van der Waals surface area contributed by atoms with Crippen LogP contribution < -0.4 is 10.1 Å². The van der Waals surface area contributed by atoms with Gasteiger partial charge in [0.2, 0.25) is 0 Å². The number of hydrogen-bond donors (Lipinski definition) is 1. The normalized spacial score (nSPS) is 14.2. The molecule has 0 amide bonds. The number of nitrogens with one attached hydrogen (secondary N) is 1. The zero-order chi connectivity index (χ0) is 14.8. The second kappa shape index (κ2) is 6.16. The third-order valence-electron chi connectivity index (χ3n) is 3.56. The third-order valence-corrected chi connectivity index (χ3v) is 4.05. The highest BCUT2D eigenvalue weighted by atomic mass is 79.9. The van der Waals surface area contributed by atoms with E-state index in [0.29, 0.717) is 17.4 Å². The summed E-state index contributed by atoms with van der Waals surface area (Å²) in [5.74, 6) is 0.655. The maximum absolute atomic E-state index is 14.1. The van der Waals surface area contributed by atoms with Gasteiger partial charge >= 0.3 is 0 Å². The van der Waals surface area contributed by atoms with Crippen LogP contribution in [0.25, 0.3) is 0 Å². The molecule has 0 heterocycles. The van der Waals surface area contributed by atoms with E-state index in [-0.39, 0.29) is 11.6 Å². The summed E-state index contributed by atoms with van der Waals surface area (Å²) in [6.45, 7) is 2.46. The standard InChI is InChI=1S/C17H17BrFNO/c1-11-3-2-4-16(17(11)19)21-15-8-5-13(18)9-12(15)10-20-14-6-7-14/h2-5,8-9,14,20H,6-7,10H2,1H3. The van der Waals surface area contributed by atoms with E-state index in [0.717, 1.165) is 16.6 Å². The molecule has 0 unspecified atom stereocenters. The molecule has 0 bridgehead atoms. The van der Waals surface area contributed by atoms with Crippen LogP contribution in [-0.2, 0) is 6.54 Å². The number of halogens is 2. The number of hydrogen-bond acceptors (Lipinski definition) is 2. The van der Waals surface area contributed by atoms with Crippen molar-refractivity contribution in [1.29, 1.82) is 0 Å². The van der Waals surface area contributed by atoms with E-state index < -0.39 is 0 Å². The Hall–Kier alpha value is -1.39. The van der Waals surface area contributed by atoms with Crippen molar-refractivity contribution in [3.05, 3.63) is 57.8 Å². The van der Waals surface area contributed by atoms with E-state index in [1.165, 1.54) is 12.8 Å². The van der Waals surface area contributed by atoms with E-state index >= 15 is 0 Å². The largest absolute Gasteiger partial charge is 0.454 e. The molecule has 1 aliphatic rings. The highest BCUT2D eigenvalue weighted by molar-refractivity contribution is 9.10. The predicted octanol–water partition coefficient (Wildman–Crippen LogP) is 4.94. The Morgan fingerprint density at radius 3 is 2.81 bits per heavy atom. The minimum absolute atomic E-state index is 0.269. The van der Waals surface area contributed by atoms with E-state index in [1.54, 1.807) is 25.1 Å². The van der Waals surface area contributed by atoms with Crippen molar-refractivity contribution in [2.75, 3.05) is 0 Å². The molecule has 2 aromatic carbocycles. The minimum Gasteiger partial charge on any atom is -0.454 e. The molecule has 1 fully saturated rings. The van der Waals surface area contributed by atoms with Crippen LogP contribution in [0.2, 0.25) is 0 Å². The lowest BCUT2D eigenvalue weighted by Gasteiger charge is -2.13. The first-order valence-corrected chi connectivity index (χ1v) is 7.87. The number of rotatable bonds is 5. The van der Waals surface area contributed by atoms with Crippen molar-refractivity contribution in [2.24, 2.45) is 0 Å². The predicted molar refractivity (Wildman–Crippen MR) is 85.2 cm³/mol. The molecular weight excluding hydrogens is 333 g/mol. The quantitative estimate of drug-likeness (QED) is 0.825. The first kappa shape index (κ1) is 14.5. The fourth-order valence-electron chi connectivity index (χ4n) is 2.15. The highest BCUT2D eigenvalue weighted by Crippen LogP contribution is 2.31. The molecular formula is C17H17BrFNO. The summed E-state index contributed by atoms with van der Waals surface area (Å²) < 4.78 is 20.9. The van der Waals surface area contributed by atoms with Crippen LogP contribution >= 0.6 is 15.9 Å². The van der Waals surface area contributed by atoms with Crippen LogP contribution in [-0.4, -0.2) is 6.04 Å². The molecule has 3 rings (SSSR count). The molecule has 1 saturated carbocycles. The van der Waals surface area contributed by atoms with Gasteiger partial charge in [0.15, 0.2) is 11.6 Å². The Balaban J connectivity index is 1.84. The Morgan fingerprint density at radius 1 is 1.24 bits per heavy atom. The van der Waals surface area contributed by atoms with Gasteiger partial charge in [-0.25, -0.2) is 4.39 Å². The molecule has 21 heavy (non-hydrogen) atoms. The van der Waals surface area contributed by atoms with Crippen LogP contribution in [0.4, 0.5) is 4.39 Å². The summed E-state index contributed by atoms with van der Waals surface area (Å²) in [5, 5.41) is 3.46. The van der Waals surface area contributed by atoms with E-state index in [4.69, 9.17) is 4.74 Å². The summed E-state index contributed by atoms with van der Waals surface area (Å²) in [6.07, 6.45) is 2.47. The molecule has 4 heteroatoms. The van der Waals surface area contributed by atoms with Crippen LogP contribution in [0.15, 0.2) is 40.9 Å². The van der Waals surface area contributed by atoms with Gasteiger partial charge in [-0.1, -0.05) is 28.1 Å². The average Bonchev–Trinajstić information content (AvgIpc) is 3.28. The van der Waals surface area contributed by atoms with Gasteiger partial charge in [-0.05, 0) is 49.6 Å². The number of ether oxygens (including phenoxy) is 1. The Bertz CT molecular complexity index is 655. The highest BCUT2D eigenvalue weighted by Gasteiger charge is 2.21. The molecule has 1 N–H and O–H groups in total. The van der Waals surface area contributed by atoms with E-state index in [1.807, 2.05) is 18.2 Å². The summed E-state index contributed by atoms with van der Waals surface area (Å²) in [7, 11) is 0. The van der Waals surface area contributed by atoms with E-state index in [2.05, 4.69) is 21.2 Å². The fraction of sp³-hybridized carbons (Fsp3) is 0.294. The summed E-state index contributed by atoms with van der Waals surface area (Å²) >= 11 is 3.47. The molecule has 0 atom stereocenters. The van der Waals surface area contributed by atoms with E-state index in [9.17, 15) is 4.39 Å². The SMILES string of the molecule is Cc1cccc(Oc2ccc(Br)cc2CNC2CC2)c1F. The first-order valence-electron chi connectivity index (χ1n) is 7.08. The smallest absolute Gasteiger partial charge is 0.168 e. The van der Waals surface area contributed by atoms with Crippen molar-refractivity contribution in [2.45, 2.75) is 32.4 Å². The lowest BCUT2D eigenvalue weighted by atomic mass is 10.2. The summed E-state index contributed by atoms with van der Waals surface area (Å²) in [5.41, 5.74) is 1.61. The van der Waals surface area contributed by atoms with Gasteiger partial charge in [0.25, 0.3) is 0 Å². The van der Waals surface area contributed by atoms with Crippen LogP contribution in [0, 0.1) is 12.7 Å². The van der Waals surface area contributed by atoms with Gasteiger partial charge in [0, 0.05) is 22.6 Å². The minimum atomic E-state index is -0.304. The zero-order valence-corrected chi connectivity index (χ0v) is 13.4. The van der Waals surface area contributed by atoms with Crippen molar-refractivity contribution in [1.82, 2.24) is 5.32 Å². The Kier molecular flexibility index (Phi) is 4.27. The molecule has 2 nitrogen and oxygen atoms in total. The van der Waals surface area contributed by atoms with Crippen LogP contribution in [0.5, 0.6) is 11.5 Å². The second-order valence-electron chi connectivity index (χ2n) is 5.40. The maximum Gasteiger partial charge on any atom is 0.168 e. The molecule has 110 valence electrons. The number of aryl methyl sites for hydroxylation is 1. The van der Waals surface area contributed by atoms with Crippen molar-refractivity contribution in [3.63, 3.8) is 0 Å². The average molecular weight is 350 g/mol.